The van der Waals surface area contributed by atoms with E-state index < -0.39 is 0 Å². The topological polar surface area (TPSA) is 28.7 Å². The van der Waals surface area contributed by atoms with Crippen molar-refractivity contribution in [3.63, 3.8) is 0 Å². The Bertz CT molecular complexity index is 445. The number of nitrogens with zero attached hydrogens (tertiary/aromatic N) is 1. The molecule has 0 fully saturated rings. The first-order valence-corrected chi connectivity index (χ1v) is 4.52. The fourth-order valence-electron chi connectivity index (χ4n) is 1.34. The number of allylic oxidation sites excluding steroid dienone is 1. The summed E-state index contributed by atoms with van der Waals surface area (Å²) in [5.74, 6) is 0.443. The number of hydrogen-bond donors (Lipinski definition) is 1. The number of para-hydroxylation sites is 1. The van der Waals surface area contributed by atoms with Gasteiger partial charge in [-0.05, 0) is 5.57 Å². The summed E-state index contributed by atoms with van der Waals surface area (Å²) in [6, 6.07) is 5.97. The monoisotopic (exact) mass is 192 g/mol. The molecule has 0 saturated heterocycles. The van der Waals surface area contributed by atoms with Gasteiger partial charge in [0.25, 0.3) is 0 Å². The maximum atomic E-state index is 5.72. The lowest BCUT2D eigenvalue weighted by atomic mass is 10.1. The number of hydrogen-bond acceptors (Lipinski definition) is 1. The third-order valence-electron chi connectivity index (χ3n) is 2.02. The lowest BCUT2D eigenvalue weighted by Crippen LogP contribution is -1.85. The van der Waals surface area contributed by atoms with E-state index in [4.69, 9.17) is 11.6 Å². The van der Waals surface area contributed by atoms with Crippen LogP contribution in [0.3, 0.4) is 0 Å². The minimum absolute atomic E-state index is 0.443. The van der Waals surface area contributed by atoms with Gasteiger partial charge in [-0.1, -0.05) is 24.8 Å². The lowest BCUT2D eigenvalue weighted by molar-refractivity contribution is 1.12. The number of fused-ring (bicyclic) bond motifs is 1. The molecule has 0 aliphatic heterocycles. The number of aromatic amines is 1. The van der Waals surface area contributed by atoms with Crippen LogP contribution >= 0.6 is 11.6 Å². The number of benzene rings is 1. The molecule has 1 N–H and O–H groups in total. The van der Waals surface area contributed by atoms with Crippen molar-refractivity contribution in [2.45, 2.75) is 0 Å². The molecule has 3 heteroatoms. The lowest BCUT2D eigenvalue weighted by Gasteiger charge is -2.02. The van der Waals surface area contributed by atoms with E-state index in [1.807, 2.05) is 18.2 Å². The van der Waals surface area contributed by atoms with Gasteiger partial charge in [0.05, 0.1) is 11.7 Å². The molecular weight excluding hydrogens is 184 g/mol. The highest BCUT2D eigenvalue weighted by molar-refractivity contribution is 6.23. The largest absolute Gasteiger partial charge is 0.277 e. The van der Waals surface area contributed by atoms with Crippen LogP contribution in [0.1, 0.15) is 5.56 Å². The van der Waals surface area contributed by atoms with Crippen molar-refractivity contribution in [3.05, 3.63) is 36.5 Å². The number of H-pyrrole nitrogens is 1. The molecule has 0 spiro atoms. The summed E-state index contributed by atoms with van der Waals surface area (Å²) in [7, 11) is 0. The Hall–Kier alpha value is -1.28. The molecule has 1 aromatic carbocycles. The third-order valence-corrected chi connectivity index (χ3v) is 2.34. The zero-order valence-corrected chi connectivity index (χ0v) is 7.80. The first kappa shape index (κ1) is 8.32. The first-order valence-electron chi connectivity index (χ1n) is 3.99. The van der Waals surface area contributed by atoms with Gasteiger partial charge in [-0.25, -0.2) is 0 Å². The smallest absolute Gasteiger partial charge is 0.0725 e. The number of alkyl halides is 1. The quantitative estimate of drug-likeness (QED) is 0.729. The highest BCUT2D eigenvalue weighted by atomic mass is 35.5. The summed E-state index contributed by atoms with van der Waals surface area (Å²) in [4.78, 5) is 0. The summed E-state index contributed by atoms with van der Waals surface area (Å²) in [6.07, 6.45) is 1.79. The van der Waals surface area contributed by atoms with Gasteiger partial charge in [0.1, 0.15) is 0 Å². The molecule has 0 radical (unpaired) electrons. The van der Waals surface area contributed by atoms with Crippen LogP contribution in [-0.4, -0.2) is 16.1 Å². The summed E-state index contributed by atoms with van der Waals surface area (Å²) in [5, 5.41) is 7.99. The Morgan fingerprint density at radius 2 is 2.38 bits per heavy atom. The van der Waals surface area contributed by atoms with Gasteiger partial charge < -0.3 is 0 Å². The normalized spacial score (nSPS) is 10.5. The van der Waals surface area contributed by atoms with Crippen molar-refractivity contribution in [1.82, 2.24) is 10.2 Å². The standard InChI is InChI=1S/C10H9ClN2/c1-7(5-11)9-4-2-3-8-6-12-13-10(8)9/h2-4,6H,1,5H2,(H,12,13). The minimum atomic E-state index is 0.443. The Morgan fingerprint density at radius 3 is 3.15 bits per heavy atom. The summed E-state index contributed by atoms with van der Waals surface area (Å²) >= 11 is 5.72. The molecule has 0 bridgehead atoms. The van der Waals surface area contributed by atoms with Crippen LogP contribution in [0.15, 0.2) is 31.0 Å². The average Bonchev–Trinajstić information content (AvgIpc) is 2.63. The first-order chi connectivity index (χ1) is 6.33. The van der Waals surface area contributed by atoms with Gasteiger partial charge in [0.2, 0.25) is 0 Å². The SMILES string of the molecule is C=C(CCl)c1cccc2cn[nH]c12. The van der Waals surface area contributed by atoms with E-state index in [2.05, 4.69) is 16.8 Å². The van der Waals surface area contributed by atoms with Gasteiger partial charge in [0.15, 0.2) is 0 Å². The summed E-state index contributed by atoms with van der Waals surface area (Å²) in [6.45, 7) is 3.89. The maximum Gasteiger partial charge on any atom is 0.0725 e. The van der Waals surface area contributed by atoms with E-state index in [-0.39, 0.29) is 0 Å². The number of rotatable bonds is 2. The Labute approximate surface area is 81.2 Å². The van der Waals surface area contributed by atoms with Crippen molar-refractivity contribution in [2.75, 3.05) is 5.88 Å². The molecule has 0 aliphatic carbocycles. The highest BCUT2D eigenvalue weighted by Gasteiger charge is 2.04. The van der Waals surface area contributed by atoms with Crippen molar-refractivity contribution < 1.29 is 0 Å². The van der Waals surface area contributed by atoms with Gasteiger partial charge in [0, 0.05) is 16.8 Å². The number of halogens is 1. The van der Waals surface area contributed by atoms with Crippen LogP contribution in [-0.2, 0) is 0 Å². The van der Waals surface area contributed by atoms with Crippen LogP contribution in [0, 0.1) is 0 Å². The maximum absolute atomic E-state index is 5.72. The Morgan fingerprint density at radius 1 is 1.54 bits per heavy atom. The number of aromatic nitrogens is 2. The molecule has 0 unspecified atom stereocenters. The molecule has 2 nitrogen and oxygen atoms in total. The van der Waals surface area contributed by atoms with E-state index in [9.17, 15) is 0 Å². The van der Waals surface area contributed by atoms with E-state index >= 15 is 0 Å². The molecule has 2 aromatic rings. The number of nitrogens with one attached hydrogen (secondary N) is 1. The van der Waals surface area contributed by atoms with Crippen LogP contribution in [0.25, 0.3) is 16.5 Å². The summed E-state index contributed by atoms with van der Waals surface area (Å²) < 4.78 is 0. The second kappa shape index (κ2) is 3.23. The van der Waals surface area contributed by atoms with Gasteiger partial charge in [-0.3, -0.25) is 5.10 Å². The van der Waals surface area contributed by atoms with Crippen LogP contribution in [0.5, 0.6) is 0 Å². The molecule has 0 saturated carbocycles. The van der Waals surface area contributed by atoms with E-state index in [1.54, 1.807) is 6.20 Å². The molecule has 13 heavy (non-hydrogen) atoms. The molecule has 1 aromatic heterocycles. The highest BCUT2D eigenvalue weighted by Crippen LogP contribution is 2.22. The fraction of sp³-hybridized carbons (Fsp3) is 0.100. The van der Waals surface area contributed by atoms with Crippen molar-refractivity contribution in [3.8, 4) is 0 Å². The molecule has 0 aliphatic rings. The van der Waals surface area contributed by atoms with E-state index in [0.29, 0.717) is 5.88 Å². The predicted octanol–water partition coefficient (Wildman–Crippen LogP) is 2.81. The fourth-order valence-corrected chi connectivity index (χ4v) is 1.48. The Kier molecular flexibility index (Phi) is 2.07. The van der Waals surface area contributed by atoms with Crippen LogP contribution in [0.4, 0.5) is 0 Å². The average molecular weight is 193 g/mol. The second-order valence-corrected chi connectivity index (χ2v) is 3.14. The second-order valence-electron chi connectivity index (χ2n) is 2.88. The molecule has 2 rings (SSSR count). The molecule has 0 atom stereocenters. The van der Waals surface area contributed by atoms with Gasteiger partial charge in [-0.2, -0.15) is 5.10 Å². The minimum Gasteiger partial charge on any atom is -0.277 e. The third kappa shape index (κ3) is 1.33. The zero-order valence-electron chi connectivity index (χ0n) is 7.05. The molecular formula is C10H9ClN2. The predicted molar refractivity (Wildman–Crippen MR) is 55.8 cm³/mol. The zero-order chi connectivity index (χ0) is 9.26. The van der Waals surface area contributed by atoms with Crippen molar-refractivity contribution in [1.29, 1.82) is 0 Å². The van der Waals surface area contributed by atoms with Gasteiger partial charge in [-0.15, -0.1) is 11.6 Å². The van der Waals surface area contributed by atoms with Crippen LogP contribution in [0.2, 0.25) is 0 Å². The molecule has 66 valence electrons. The van der Waals surface area contributed by atoms with E-state index in [0.717, 1.165) is 22.0 Å². The molecule has 1 heterocycles. The Balaban J connectivity index is 2.67. The molecule has 0 amide bonds. The van der Waals surface area contributed by atoms with E-state index in [1.165, 1.54) is 0 Å². The summed E-state index contributed by atoms with van der Waals surface area (Å²) in [5.41, 5.74) is 2.97. The van der Waals surface area contributed by atoms with Crippen molar-refractivity contribution in [2.24, 2.45) is 0 Å². The van der Waals surface area contributed by atoms with Crippen LogP contribution < -0.4 is 0 Å². The van der Waals surface area contributed by atoms with Gasteiger partial charge >= 0.3 is 0 Å². The van der Waals surface area contributed by atoms with Crippen molar-refractivity contribution >= 4 is 28.1 Å².